The van der Waals surface area contributed by atoms with E-state index in [1.807, 2.05) is 7.05 Å². The van der Waals surface area contributed by atoms with Crippen LogP contribution >= 0.6 is 0 Å². The summed E-state index contributed by atoms with van der Waals surface area (Å²) in [6, 6.07) is 8.18. The summed E-state index contributed by atoms with van der Waals surface area (Å²) >= 11 is 0. The van der Waals surface area contributed by atoms with E-state index in [4.69, 9.17) is 0 Å². The molecule has 0 spiro atoms. The highest BCUT2D eigenvalue weighted by Gasteiger charge is 2.27. The van der Waals surface area contributed by atoms with Gasteiger partial charge in [-0.15, -0.1) is 0 Å². The Morgan fingerprint density at radius 2 is 1.63 bits per heavy atom. The molecule has 0 bridgehead atoms. The Balaban J connectivity index is 1.73. The number of carbonyl (C=O) groups excluding carboxylic acids is 1. The van der Waals surface area contributed by atoms with E-state index in [1.165, 1.54) is 28.6 Å². The Bertz CT molecular complexity index is 941. The molecule has 1 fully saturated rings. The van der Waals surface area contributed by atoms with E-state index < -0.39 is 33.1 Å². The lowest BCUT2D eigenvalue weighted by Crippen LogP contribution is -2.46. The van der Waals surface area contributed by atoms with Crippen molar-refractivity contribution in [3.8, 4) is 0 Å². The summed E-state index contributed by atoms with van der Waals surface area (Å²) in [5.74, 6) is -2.39. The summed E-state index contributed by atoms with van der Waals surface area (Å²) in [5.41, 5.74) is -0.148. The largest absolute Gasteiger partial charge is 0.322 e. The van der Waals surface area contributed by atoms with Crippen LogP contribution in [0.2, 0.25) is 0 Å². The highest BCUT2D eigenvalue weighted by Crippen LogP contribution is 2.20. The van der Waals surface area contributed by atoms with Crippen molar-refractivity contribution in [2.45, 2.75) is 4.90 Å². The van der Waals surface area contributed by atoms with Crippen molar-refractivity contribution in [1.29, 1.82) is 0 Å². The zero-order valence-electron chi connectivity index (χ0n) is 14.7. The van der Waals surface area contributed by atoms with E-state index in [0.717, 1.165) is 18.2 Å². The van der Waals surface area contributed by atoms with Gasteiger partial charge in [-0.2, -0.15) is 4.31 Å². The van der Waals surface area contributed by atoms with Crippen LogP contribution in [0, 0.1) is 11.6 Å². The number of amides is 1. The molecule has 0 saturated carbocycles. The zero-order valence-corrected chi connectivity index (χ0v) is 15.5. The van der Waals surface area contributed by atoms with Crippen LogP contribution in [-0.4, -0.2) is 56.8 Å². The van der Waals surface area contributed by atoms with Gasteiger partial charge in [-0.3, -0.25) is 4.79 Å². The van der Waals surface area contributed by atoms with Gasteiger partial charge in [0, 0.05) is 31.9 Å². The standard InChI is InChI=1S/C18H19F2N3O3S/c1-22-8-10-23(11-9-22)27(25,26)15-5-3-14(4-6-15)21-18(24)16-12-13(19)2-7-17(16)20/h2-7,12H,8-11H2,1H3,(H,21,24). The van der Waals surface area contributed by atoms with Crippen LogP contribution in [0.15, 0.2) is 47.4 Å². The quantitative estimate of drug-likeness (QED) is 0.861. The summed E-state index contributed by atoms with van der Waals surface area (Å²) in [6.45, 7) is 2.14. The van der Waals surface area contributed by atoms with Crippen LogP contribution in [0.25, 0.3) is 0 Å². The number of piperazine rings is 1. The predicted molar refractivity (Wildman–Crippen MR) is 97.0 cm³/mol. The minimum absolute atomic E-state index is 0.113. The number of hydrogen-bond donors (Lipinski definition) is 1. The number of likely N-dealkylation sites (N-methyl/N-ethyl adjacent to an activating group) is 1. The lowest BCUT2D eigenvalue weighted by atomic mass is 10.2. The minimum atomic E-state index is -3.61. The van der Waals surface area contributed by atoms with Gasteiger partial charge in [0.25, 0.3) is 5.91 Å². The molecule has 1 N–H and O–H groups in total. The van der Waals surface area contributed by atoms with E-state index in [0.29, 0.717) is 26.2 Å². The molecule has 2 aromatic carbocycles. The Kier molecular flexibility index (Phi) is 5.54. The van der Waals surface area contributed by atoms with Gasteiger partial charge in [0.1, 0.15) is 11.6 Å². The summed E-state index contributed by atoms with van der Waals surface area (Å²) < 4.78 is 53.6. The highest BCUT2D eigenvalue weighted by atomic mass is 32.2. The molecule has 0 aromatic heterocycles. The monoisotopic (exact) mass is 395 g/mol. The molecule has 0 aliphatic carbocycles. The number of halogens is 2. The molecule has 9 heteroatoms. The van der Waals surface area contributed by atoms with Crippen molar-refractivity contribution in [3.05, 3.63) is 59.7 Å². The number of nitrogens with one attached hydrogen (secondary N) is 1. The minimum Gasteiger partial charge on any atom is -0.322 e. The fourth-order valence-corrected chi connectivity index (χ4v) is 4.18. The summed E-state index contributed by atoms with van der Waals surface area (Å²) in [6.07, 6.45) is 0. The van der Waals surface area contributed by atoms with Gasteiger partial charge in [0.2, 0.25) is 10.0 Å². The number of carbonyl (C=O) groups is 1. The maximum Gasteiger partial charge on any atom is 0.258 e. The first-order valence-corrected chi connectivity index (χ1v) is 9.76. The number of hydrogen-bond acceptors (Lipinski definition) is 4. The molecular weight excluding hydrogens is 376 g/mol. The number of nitrogens with zero attached hydrogens (tertiary/aromatic N) is 2. The fraction of sp³-hybridized carbons (Fsp3) is 0.278. The first kappa shape index (κ1) is 19.4. The zero-order chi connectivity index (χ0) is 19.6. The van der Waals surface area contributed by atoms with Crippen LogP contribution in [-0.2, 0) is 10.0 Å². The Morgan fingerprint density at radius 1 is 1.00 bits per heavy atom. The van der Waals surface area contributed by atoms with Crippen molar-refractivity contribution in [2.75, 3.05) is 38.5 Å². The van der Waals surface area contributed by atoms with Crippen molar-refractivity contribution >= 4 is 21.6 Å². The van der Waals surface area contributed by atoms with E-state index in [2.05, 4.69) is 10.2 Å². The van der Waals surface area contributed by atoms with Gasteiger partial charge in [-0.25, -0.2) is 17.2 Å². The summed E-state index contributed by atoms with van der Waals surface area (Å²) in [4.78, 5) is 14.3. The molecular formula is C18H19F2N3O3S. The molecule has 0 radical (unpaired) electrons. The Morgan fingerprint density at radius 3 is 2.26 bits per heavy atom. The molecule has 3 rings (SSSR count). The second-order valence-electron chi connectivity index (χ2n) is 6.31. The van der Waals surface area contributed by atoms with Crippen LogP contribution in [0.1, 0.15) is 10.4 Å². The Labute approximate surface area is 156 Å². The second kappa shape index (κ2) is 7.71. The molecule has 1 amide bonds. The van der Waals surface area contributed by atoms with E-state index in [-0.39, 0.29) is 10.6 Å². The number of anilines is 1. The van der Waals surface area contributed by atoms with Gasteiger partial charge in [-0.05, 0) is 49.5 Å². The van der Waals surface area contributed by atoms with Crippen LogP contribution in [0.3, 0.4) is 0 Å². The van der Waals surface area contributed by atoms with Crippen molar-refractivity contribution in [1.82, 2.24) is 9.21 Å². The van der Waals surface area contributed by atoms with Gasteiger partial charge in [0.15, 0.2) is 0 Å². The first-order valence-electron chi connectivity index (χ1n) is 8.32. The molecule has 2 aromatic rings. The summed E-state index contributed by atoms with van der Waals surface area (Å²) in [5, 5.41) is 2.43. The van der Waals surface area contributed by atoms with Gasteiger partial charge >= 0.3 is 0 Å². The van der Waals surface area contributed by atoms with Crippen LogP contribution in [0.5, 0.6) is 0 Å². The molecule has 1 aliphatic heterocycles. The lowest BCUT2D eigenvalue weighted by molar-refractivity contribution is 0.102. The topological polar surface area (TPSA) is 69.7 Å². The average Bonchev–Trinajstić information content (AvgIpc) is 2.64. The molecule has 1 saturated heterocycles. The van der Waals surface area contributed by atoms with Gasteiger partial charge < -0.3 is 10.2 Å². The van der Waals surface area contributed by atoms with Crippen molar-refractivity contribution < 1.29 is 22.0 Å². The van der Waals surface area contributed by atoms with Crippen LogP contribution < -0.4 is 5.32 Å². The maximum atomic E-state index is 13.7. The third kappa shape index (κ3) is 4.32. The third-order valence-electron chi connectivity index (χ3n) is 4.39. The normalized spacial score (nSPS) is 16.3. The Hall–Kier alpha value is -2.36. The van der Waals surface area contributed by atoms with E-state index in [1.54, 1.807) is 0 Å². The molecule has 27 heavy (non-hydrogen) atoms. The van der Waals surface area contributed by atoms with Crippen LogP contribution in [0.4, 0.5) is 14.5 Å². The first-order chi connectivity index (χ1) is 12.8. The third-order valence-corrected chi connectivity index (χ3v) is 6.30. The molecule has 1 aliphatic rings. The van der Waals surface area contributed by atoms with Crippen molar-refractivity contribution in [2.24, 2.45) is 0 Å². The molecule has 144 valence electrons. The van der Waals surface area contributed by atoms with E-state index in [9.17, 15) is 22.0 Å². The lowest BCUT2D eigenvalue weighted by Gasteiger charge is -2.31. The van der Waals surface area contributed by atoms with Gasteiger partial charge in [-0.1, -0.05) is 0 Å². The second-order valence-corrected chi connectivity index (χ2v) is 8.25. The number of benzene rings is 2. The average molecular weight is 395 g/mol. The predicted octanol–water partition coefficient (Wildman–Crippen LogP) is 2.15. The fourth-order valence-electron chi connectivity index (χ4n) is 2.76. The molecule has 1 heterocycles. The molecule has 0 atom stereocenters. The highest BCUT2D eigenvalue weighted by molar-refractivity contribution is 7.89. The van der Waals surface area contributed by atoms with Crippen molar-refractivity contribution in [3.63, 3.8) is 0 Å². The van der Waals surface area contributed by atoms with E-state index >= 15 is 0 Å². The SMILES string of the molecule is CN1CCN(S(=O)(=O)c2ccc(NC(=O)c3cc(F)ccc3F)cc2)CC1. The van der Waals surface area contributed by atoms with Gasteiger partial charge in [0.05, 0.1) is 10.5 Å². The molecule has 0 unspecified atom stereocenters. The number of rotatable bonds is 4. The number of sulfonamides is 1. The maximum absolute atomic E-state index is 13.7. The molecule has 6 nitrogen and oxygen atoms in total. The smallest absolute Gasteiger partial charge is 0.258 e. The summed E-state index contributed by atoms with van der Waals surface area (Å²) in [7, 11) is -1.68.